The van der Waals surface area contributed by atoms with Crippen molar-refractivity contribution in [3.63, 3.8) is 0 Å². The molecule has 0 saturated carbocycles. The second-order valence-corrected chi connectivity index (χ2v) is 5.74. The zero-order valence-electron chi connectivity index (χ0n) is 13.6. The van der Waals surface area contributed by atoms with Crippen LogP contribution < -0.4 is 11.1 Å². The molecule has 0 unspecified atom stereocenters. The quantitative estimate of drug-likeness (QED) is 0.711. The van der Waals surface area contributed by atoms with E-state index in [0.29, 0.717) is 5.69 Å². The van der Waals surface area contributed by atoms with Crippen LogP contribution in [-0.2, 0) is 22.4 Å². The van der Waals surface area contributed by atoms with E-state index in [0.717, 1.165) is 16.6 Å². The van der Waals surface area contributed by atoms with Gasteiger partial charge in [0.2, 0.25) is 11.8 Å². The van der Waals surface area contributed by atoms with Crippen LogP contribution in [-0.4, -0.2) is 27.8 Å². The molecule has 1 aromatic heterocycles. The summed E-state index contributed by atoms with van der Waals surface area (Å²) in [5, 5.41) is 2.68. The van der Waals surface area contributed by atoms with Crippen LogP contribution in [0.1, 0.15) is 11.3 Å². The molecular weight excluding hydrogens is 316 g/mol. The van der Waals surface area contributed by atoms with Gasteiger partial charge in [-0.05, 0) is 17.7 Å². The molecule has 2 amide bonds. The molecule has 25 heavy (non-hydrogen) atoms. The molecule has 0 aliphatic rings. The molecule has 126 valence electrons. The lowest BCUT2D eigenvalue weighted by Crippen LogP contribution is -2.46. The third kappa shape index (κ3) is 4.38. The largest absolute Gasteiger partial charge is 0.368 e. The van der Waals surface area contributed by atoms with E-state index in [2.05, 4.69) is 15.3 Å². The zero-order valence-corrected chi connectivity index (χ0v) is 13.6. The lowest BCUT2D eigenvalue weighted by Gasteiger charge is -2.15. The van der Waals surface area contributed by atoms with Gasteiger partial charge >= 0.3 is 0 Å². The Morgan fingerprint density at radius 1 is 1.00 bits per heavy atom. The molecule has 0 radical (unpaired) electrons. The van der Waals surface area contributed by atoms with Crippen molar-refractivity contribution in [1.29, 1.82) is 0 Å². The lowest BCUT2D eigenvalue weighted by molar-refractivity contribution is -0.127. The summed E-state index contributed by atoms with van der Waals surface area (Å²) in [6, 6.07) is 15.9. The minimum Gasteiger partial charge on any atom is -0.368 e. The molecule has 6 heteroatoms. The van der Waals surface area contributed by atoms with Crippen LogP contribution in [0, 0.1) is 0 Å². The van der Waals surface area contributed by atoms with Gasteiger partial charge in [0, 0.05) is 12.6 Å². The topological polar surface area (TPSA) is 98.0 Å². The molecule has 0 aliphatic carbocycles. The zero-order chi connectivity index (χ0) is 17.6. The number of fused-ring (bicyclic) bond motifs is 1. The van der Waals surface area contributed by atoms with E-state index in [9.17, 15) is 9.59 Å². The van der Waals surface area contributed by atoms with Gasteiger partial charge in [-0.3, -0.25) is 14.6 Å². The smallest absolute Gasteiger partial charge is 0.240 e. The van der Waals surface area contributed by atoms with E-state index in [1.54, 1.807) is 6.20 Å². The van der Waals surface area contributed by atoms with E-state index >= 15 is 0 Å². The number of nitrogens with zero attached hydrogens (tertiary/aromatic N) is 2. The Balaban J connectivity index is 1.70. The van der Waals surface area contributed by atoms with Crippen LogP contribution in [0.5, 0.6) is 0 Å². The van der Waals surface area contributed by atoms with Crippen molar-refractivity contribution in [1.82, 2.24) is 15.3 Å². The number of rotatable bonds is 6. The Labute approximate surface area is 145 Å². The number of para-hydroxylation sites is 2. The maximum absolute atomic E-state index is 12.2. The number of nitrogens with two attached hydrogens (primary N) is 1. The molecule has 0 bridgehead atoms. The number of aromatic nitrogens is 2. The van der Waals surface area contributed by atoms with Gasteiger partial charge in [-0.2, -0.15) is 0 Å². The molecule has 0 fully saturated rings. The van der Waals surface area contributed by atoms with Crippen molar-refractivity contribution in [2.45, 2.75) is 18.9 Å². The molecular formula is C19H18N4O2. The van der Waals surface area contributed by atoms with Crippen molar-refractivity contribution >= 4 is 22.8 Å². The van der Waals surface area contributed by atoms with Crippen LogP contribution in [0.2, 0.25) is 0 Å². The van der Waals surface area contributed by atoms with Gasteiger partial charge in [0.25, 0.3) is 0 Å². The van der Waals surface area contributed by atoms with E-state index in [4.69, 9.17) is 5.73 Å². The number of carbonyl (C=O) groups excluding carboxylic acids is 2. The summed E-state index contributed by atoms with van der Waals surface area (Å²) in [5.41, 5.74) is 8.41. The first-order valence-electron chi connectivity index (χ1n) is 7.95. The molecule has 2 aromatic carbocycles. The van der Waals surface area contributed by atoms with Crippen LogP contribution in [0.3, 0.4) is 0 Å². The first-order valence-corrected chi connectivity index (χ1v) is 7.95. The Hall–Kier alpha value is -3.28. The van der Waals surface area contributed by atoms with Gasteiger partial charge in [-0.1, -0.05) is 42.5 Å². The van der Waals surface area contributed by atoms with Gasteiger partial charge in [-0.25, -0.2) is 4.98 Å². The van der Waals surface area contributed by atoms with E-state index < -0.39 is 11.9 Å². The molecule has 3 aromatic rings. The minimum atomic E-state index is -0.827. The first kappa shape index (κ1) is 16.6. The highest BCUT2D eigenvalue weighted by Gasteiger charge is 2.19. The van der Waals surface area contributed by atoms with Gasteiger partial charge in [-0.15, -0.1) is 0 Å². The second-order valence-electron chi connectivity index (χ2n) is 5.74. The summed E-state index contributed by atoms with van der Waals surface area (Å²) in [6.45, 7) is 0. The maximum atomic E-state index is 12.2. The highest BCUT2D eigenvalue weighted by atomic mass is 16.2. The SMILES string of the molecule is NC(=O)[C@H](Cc1cnc2ccccc2n1)NC(=O)Cc1ccccc1. The maximum Gasteiger partial charge on any atom is 0.240 e. The average molecular weight is 334 g/mol. The summed E-state index contributed by atoms with van der Waals surface area (Å²) < 4.78 is 0. The number of carbonyl (C=O) groups is 2. The summed E-state index contributed by atoms with van der Waals surface area (Å²) >= 11 is 0. The van der Waals surface area contributed by atoms with Gasteiger partial charge < -0.3 is 11.1 Å². The first-order chi connectivity index (χ1) is 12.1. The van der Waals surface area contributed by atoms with Gasteiger partial charge in [0.1, 0.15) is 6.04 Å². The van der Waals surface area contributed by atoms with Crippen molar-refractivity contribution < 1.29 is 9.59 Å². The number of hydrogen-bond donors (Lipinski definition) is 2. The number of benzene rings is 2. The van der Waals surface area contributed by atoms with E-state index in [-0.39, 0.29) is 18.7 Å². The fourth-order valence-corrected chi connectivity index (χ4v) is 2.55. The number of amides is 2. The Bertz CT molecular complexity index is 896. The monoisotopic (exact) mass is 334 g/mol. The van der Waals surface area contributed by atoms with Crippen LogP contribution in [0.25, 0.3) is 11.0 Å². The fraction of sp³-hybridized carbons (Fsp3) is 0.158. The van der Waals surface area contributed by atoms with Crippen molar-refractivity contribution in [2.75, 3.05) is 0 Å². The third-order valence-corrected chi connectivity index (χ3v) is 3.80. The standard InChI is InChI=1S/C19H18N4O2/c20-19(25)17(23-18(24)10-13-6-2-1-3-7-13)11-14-12-21-15-8-4-5-9-16(15)22-14/h1-9,12,17H,10-11H2,(H2,20,25)(H,23,24)/t17-/m0/s1. The van der Waals surface area contributed by atoms with Crippen LogP contribution in [0.4, 0.5) is 0 Å². The molecule has 3 rings (SSSR count). The predicted octanol–water partition coefficient (Wildman–Crippen LogP) is 1.39. The van der Waals surface area contributed by atoms with E-state index in [1.165, 1.54) is 0 Å². The molecule has 1 atom stereocenters. The van der Waals surface area contributed by atoms with Gasteiger partial charge in [0.05, 0.1) is 23.1 Å². The molecule has 0 saturated heterocycles. The summed E-state index contributed by atoms with van der Waals surface area (Å²) in [7, 11) is 0. The normalized spacial score (nSPS) is 11.8. The summed E-state index contributed by atoms with van der Waals surface area (Å²) in [6.07, 6.45) is 1.99. The van der Waals surface area contributed by atoms with Crippen LogP contribution >= 0.6 is 0 Å². The number of hydrogen-bond acceptors (Lipinski definition) is 4. The minimum absolute atomic E-state index is 0.189. The van der Waals surface area contributed by atoms with E-state index in [1.807, 2.05) is 54.6 Å². The molecule has 1 heterocycles. The highest BCUT2D eigenvalue weighted by Crippen LogP contribution is 2.10. The van der Waals surface area contributed by atoms with Crippen molar-refractivity contribution in [3.05, 3.63) is 72.1 Å². The predicted molar refractivity (Wildman–Crippen MR) is 94.5 cm³/mol. The molecule has 0 aliphatic heterocycles. The van der Waals surface area contributed by atoms with Crippen LogP contribution in [0.15, 0.2) is 60.8 Å². The molecule has 6 nitrogen and oxygen atoms in total. The Kier molecular flexibility index (Phi) is 4.99. The second kappa shape index (κ2) is 7.53. The lowest BCUT2D eigenvalue weighted by atomic mass is 10.1. The molecule has 3 N–H and O–H groups in total. The summed E-state index contributed by atoms with van der Waals surface area (Å²) in [5.74, 6) is -0.861. The Morgan fingerprint density at radius 3 is 2.40 bits per heavy atom. The van der Waals surface area contributed by atoms with Crippen molar-refractivity contribution in [3.8, 4) is 0 Å². The van der Waals surface area contributed by atoms with Gasteiger partial charge in [0.15, 0.2) is 0 Å². The fourth-order valence-electron chi connectivity index (χ4n) is 2.55. The Morgan fingerprint density at radius 2 is 1.68 bits per heavy atom. The summed E-state index contributed by atoms with van der Waals surface area (Å²) in [4.78, 5) is 32.7. The number of primary amides is 1. The van der Waals surface area contributed by atoms with Crippen molar-refractivity contribution in [2.24, 2.45) is 5.73 Å². The average Bonchev–Trinajstić information content (AvgIpc) is 2.62. The third-order valence-electron chi connectivity index (χ3n) is 3.80. The number of nitrogens with one attached hydrogen (secondary N) is 1. The highest BCUT2D eigenvalue weighted by molar-refractivity contribution is 5.87. The molecule has 0 spiro atoms.